The quantitative estimate of drug-likeness (QED) is 0.630. The number of carbonyl (C=O) groups is 1. The molecule has 0 saturated heterocycles. The van der Waals surface area contributed by atoms with Gasteiger partial charge < -0.3 is 10.1 Å². The Balaban J connectivity index is 2.38. The molecule has 1 heterocycles. The number of methoxy groups -OCH3 is 1. The summed E-state index contributed by atoms with van der Waals surface area (Å²) in [5, 5.41) is 3.04. The van der Waals surface area contributed by atoms with E-state index in [1.165, 1.54) is 28.5 Å². The van der Waals surface area contributed by atoms with Crippen LogP contribution in [0.15, 0.2) is 18.3 Å². The summed E-state index contributed by atoms with van der Waals surface area (Å²) in [5.74, 6) is -0.346. The van der Waals surface area contributed by atoms with Crippen molar-refractivity contribution < 1.29 is 9.53 Å². The first-order chi connectivity index (χ1) is 7.13. The molecule has 0 atom stereocenters. The van der Waals surface area contributed by atoms with Crippen LogP contribution in [0.25, 0.3) is 0 Å². The molecule has 0 bridgehead atoms. The highest BCUT2D eigenvalue weighted by Crippen LogP contribution is 2.20. The molecule has 4 heteroatoms. The van der Waals surface area contributed by atoms with E-state index in [1.54, 1.807) is 17.5 Å². The van der Waals surface area contributed by atoms with E-state index >= 15 is 0 Å². The summed E-state index contributed by atoms with van der Waals surface area (Å²) < 4.78 is 4.46. The molecule has 0 aliphatic heterocycles. The molecular formula is C11H15NO2S. The van der Waals surface area contributed by atoms with Crippen LogP contribution in [0, 0.1) is 13.8 Å². The Morgan fingerprint density at radius 3 is 2.87 bits per heavy atom. The fraction of sp³-hybridized carbons (Fsp3) is 0.364. The SMILES string of the molecule is COC(=O)/C=C/NCc1cc(C)c(C)s1. The van der Waals surface area contributed by atoms with Gasteiger partial charge in [0.25, 0.3) is 0 Å². The summed E-state index contributed by atoms with van der Waals surface area (Å²) in [6.45, 7) is 4.94. The fourth-order valence-electron chi connectivity index (χ4n) is 1.09. The van der Waals surface area contributed by atoms with Crippen molar-refractivity contribution >= 4 is 17.3 Å². The zero-order chi connectivity index (χ0) is 11.3. The third-order valence-electron chi connectivity index (χ3n) is 2.03. The molecule has 1 rings (SSSR count). The van der Waals surface area contributed by atoms with E-state index in [9.17, 15) is 4.79 Å². The van der Waals surface area contributed by atoms with Crippen molar-refractivity contribution in [2.45, 2.75) is 20.4 Å². The minimum Gasteiger partial charge on any atom is -0.466 e. The van der Waals surface area contributed by atoms with Crippen molar-refractivity contribution in [2.24, 2.45) is 0 Å². The molecule has 0 aromatic carbocycles. The molecule has 0 saturated carbocycles. The molecule has 0 aliphatic rings. The maximum absolute atomic E-state index is 10.7. The lowest BCUT2D eigenvalue weighted by molar-refractivity contribution is -0.134. The molecule has 3 nitrogen and oxygen atoms in total. The number of aryl methyl sites for hydroxylation is 2. The van der Waals surface area contributed by atoms with E-state index in [-0.39, 0.29) is 5.97 Å². The number of carbonyl (C=O) groups excluding carboxylic acids is 1. The van der Waals surface area contributed by atoms with Crippen LogP contribution < -0.4 is 5.32 Å². The lowest BCUT2D eigenvalue weighted by atomic mass is 10.3. The summed E-state index contributed by atoms with van der Waals surface area (Å²) in [4.78, 5) is 13.3. The minimum atomic E-state index is -0.346. The second-order valence-corrected chi connectivity index (χ2v) is 4.53. The van der Waals surface area contributed by atoms with Gasteiger partial charge in [-0.15, -0.1) is 11.3 Å². The van der Waals surface area contributed by atoms with Crippen LogP contribution in [-0.4, -0.2) is 13.1 Å². The number of rotatable bonds is 4. The Kier molecular flexibility index (Phi) is 4.37. The average Bonchev–Trinajstić information content (AvgIpc) is 2.53. The van der Waals surface area contributed by atoms with E-state index in [0.717, 1.165) is 6.54 Å². The molecule has 0 unspecified atom stereocenters. The number of hydrogen-bond acceptors (Lipinski definition) is 4. The second kappa shape index (κ2) is 5.56. The molecule has 0 aliphatic carbocycles. The third-order valence-corrected chi connectivity index (χ3v) is 3.18. The highest BCUT2D eigenvalue weighted by Gasteiger charge is 1.99. The number of ether oxygens (including phenoxy) is 1. The highest BCUT2D eigenvalue weighted by molar-refractivity contribution is 7.12. The van der Waals surface area contributed by atoms with Gasteiger partial charge in [-0.2, -0.15) is 0 Å². The van der Waals surface area contributed by atoms with Gasteiger partial charge in [0.15, 0.2) is 0 Å². The predicted octanol–water partition coefficient (Wildman–Crippen LogP) is 2.14. The molecule has 0 fully saturated rings. The number of nitrogens with one attached hydrogen (secondary N) is 1. The lowest BCUT2D eigenvalue weighted by Gasteiger charge is -1.96. The maximum atomic E-state index is 10.7. The maximum Gasteiger partial charge on any atom is 0.331 e. The Morgan fingerprint density at radius 1 is 1.60 bits per heavy atom. The molecule has 1 aromatic heterocycles. The molecule has 0 radical (unpaired) electrons. The highest BCUT2D eigenvalue weighted by atomic mass is 32.1. The Morgan fingerprint density at radius 2 is 2.33 bits per heavy atom. The Bertz CT molecular complexity index is 349. The summed E-state index contributed by atoms with van der Waals surface area (Å²) in [6.07, 6.45) is 2.98. The van der Waals surface area contributed by atoms with Crippen LogP contribution in [0.2, 0.25) is 0 Å². The number of thiophene rings is 1. The van der Waals surface area contributed by atoms with E-state index in [1.807, 2.05) is 0 Å². The van der Waals surface area contributed by atoms with Crippen LogP contribution in [0.4, 0.5) is 0 Å². The van der Waals surface area contributed by atoms with Gasteiger partial charge in [0.05, 0.1) is 7.11 Å². The van der Waals surface area contributed by atoms with Gasteiger partial charge in [-0.3, -0.25) is 0 Å². The van der Waals surface area contributed by atoms with Gasteiger partial charge in [0.1, 0.15) is 0 Å². The first kappa shape index (κ1) is 11.8. The van der Waals surface area contributed by atoms with E-state index in [4.69, 9.17) is 0 Å². The van der Waals surface area contributed by atoms with Gasteiger partial charge >= 0.3 is 5.97 Å². The zero-order valence-electron chi connectivity index (χ0n) is 9.16. The standard InChI is InChI=1S/C11H15NO2S/c1-8-6-10(15-9(8)2)7-12-5-4-11(13)14-3/h4-6,12H,7H2,1-3H3/b5-4+. The van der Waals surface area contributed by atoms with E-state index in [2.05, 4.69) is 30.0 Å². The first-order valence-corrected chi connectivity index (χ1v) is 5.49. The van der Waals surface area contributed by atoms with E-state index in [0.29, 0.717) is 0 Å². The van der Waals surface area contributed by atoms with Crippen LogP contribution in [0.5, 0.6) is 0 Å². The van der Waals surface area contributed by atoms with Crippen LogP contribution in [0.1, 0.15) is 15.3 Å². The van der Waals surface area contributed by atoms with Gasteiger partial charge in [-0.05, 0) is 25.5 Å². The van der Waals surface area contributed by atoms with Crippen molar-refractivity contribution in [1.29, 1.82) is 0 Å². The van der Waals surface area contributed by atoms with Crippen LogP contribution >= 0.6 is 11.3 Å². The van der Waals surface area contributed by atoms with Gasteiger partial charge in [0.2, 0.25) is 0 Å². The Hall–Kier alpha value is -1.29. The first-order valence-electron chi connectivity index (χ1n) is 4.67. The van der Waals surface area contributed by atoms with Crippen LogP contribution in [-0.2, 0) is 16.1 Å². The molecular weight excluding hydrogens is 210 g/mol. The van der Waals surface area contributed by atoms with Crippen molar-refractivity contribution in [2.75, 3.05) is 7.11 Å². The molecule has 1 aromatic rings. The lowest BCUT2D eigenvalue weighted by Crippen LogP contribution is -2.04. The normalized spacial score (nSPS) is 10.6. The van der Waals surface area contributed by atoms with Gasteiger partial charge in [-0.1, -0.05) is 0 Å². The summed E-state index contributed by atoms with van der Waals surface area (Å²) in [7, 11) is 1.36. The topological polar surface area (TPSA) is 38.3 Å². The number of esters is 1. The predicted molar refractivity (Wildman–Crippen MR) is 61.8 cm³/mol. The largest absolute Gasteiger partial charge is 0.466 e. The van der Waals surface area contributed by atoms with Crippen LogP contribution in [0.3, 0.4) is 0 Å². The van der Waals surface area contributed by atoms with Crippen molar-refractivity contribution in [3.63, 3.8) is 0 Å². The zero-order valence-corrected chi connectivity index (χ0v) is 9.98. The average molecular weight is 225 g/mol. The molecule has 0 spiro atoms. The van der Waals surface area contributed by atoms with Crippen molar-refractivity contribution in [3.05, 3.63) is 33.7 Å². The van der Waals surface area contributed by atoms with Gasteiger partial charge in [-0.25, -0.2) is 4.79 Å². The smallest absolute Gasteiger partial charge is 0.331 e. The van der Waals surface area contributed by atoms with Crippen molar-refractivity contribution in [3.8, 4) is 0 Å². The number of hydrogen-bond donors (Lipinski definition) is 1. The molecule has 82 valence electrons. The minimum absolute atomic E-state index is 0.346. The van der Waals surface area contributed by atoms with E-state index < -0.39 is 0 Å². The molecule has 1 N–H and O–H groups in total. The second-order valence-electron chi connectivity index (χ2n) is 3.19. The summed E-state index contributed by atoms with van der Waals surface area (Å²) in [5.41, 5.74) is 1.31. The third kappa shape index (κ3) is 3.75. The Labute approximate surface area is 93.8 Å². The fourth-order valence-corrected chi connectivity index (χ4v) is 2.10. The molecule has 15 heavy (non-hydrogen) atoms. The van der Waals surface area contributed by atoms with Gasteiger partial charge in [0, 0.05) is 28.6 Å². The molecule has 0 amide bonds. The summed E-state index contributed by atoms with van der Waals surface area (Å²) in [6, 6.07) is 2.15. The monoisotopic (exact) mass is 225 g/mol. The summed E-state index contributed by atoms with van der Waals surface area (Å²) >= 11 is 1.77. The van der Waals surface area contributed by atoms with Crippen molar-refractivity contribution in [1.82, 2.24) is 5.32 Å².